The van der Waals surface area contributed by atoms with E-state index in [-0.39, 0.29) is 0 Å². The van der Waals surface area contributed by atoms with E-state index in [1.165, 1.54) is 16.7 Å². The zero-order chi connectivity index (χ0) is 14.8. The van der Waals surface area contributed by atoms with Gasteiger partial charge in [0.1, 0.15) is 0 Å². The minimum absolute atomic E-state index is 0.445. The van der Waals surface area contributed by atoms with E-state index in [4.69, 9.17) is 0 Å². The van der Waals surface area contributed by atoms with Gasteiger partial charge in [0.25, 0.3) is 0 Å². The van der Waals surface area contributed by atoms with E-state index >= 15 is 0 Å². The van der Waals surface area contributed by atoms with Gasteiger partial charge in [-0.05, 0) is 37.0 Å². The molecule has 0 amide bonds. The summed E-state index contributed by atoms with van der Waals surface area (Å²) < 4.78 is 1.14. The summed E-state index contributed by atoms with van der Waals surface area (Å²) in [6, 6.07) is 10.7. The molecule has 0 aromatic heterocycles. The first kappa shape index (κ1) is 17.0. The Balaban J connectivity index is 3.17. The molecule has 0 nitrogen and oxygen atoms in total. The summed E-state index contributed by atoms with van der Waals surface area (Å²) in [6.45, 7) is 8.01. The molecule has 0 heterocycles. The van der Waals surface area contributed by atoms with Crippen LogP contribution in [0.1, 0.15) is 25.8 Å². The molecule has 106 valence electrons. The van der Waals surface area contributed by atoms with Crippen LogP contribution in [0.25, 0.3) is 5.57 Å². The lowest BCUT2D eigenvalue weighted by atomic mass is 9.84. The van der Waals surface area contributed by atoms with Crippen molar-refractivity contribution in [3.8, 4) is 0 Å². The van der Waals surface area contributed by atoms with Crippen LogP contribution in [0.2, 0.25) is 0 Å². The molecule has 1 atom stereocenters. The summed E-state index contributed by atoms with van der Waals surface area (Å²) in [7, 11) is 0. The van der Waals surface area contributed by atoms with Gasteiger partial charge in [-0.15, -0.1) is 0 Å². The van der Waals surface area contributed by atoms with Crippen molar-refractivity contribution in [3.63, 3.8) is 0 Å². The molecule has 0 saturated heterocycles. The lowest BCUT2D eigenvalue weighted by Gasteiger charge is -2.21. The largest absolute Gasteiger partial charge is 0.0991 e. The van der Waals surface area contributed by atoms with Crippen LogP contribution >= 0.6 is 22.6 Å². The first-order valence-corrected chi connectivity index (χ1v) is 8.53. The molecule has 0 aliphatic rings. The number of alkyl halides is 1. The predicted molar refractivity (Wildman–Crippen MR) is 100 cm³/mol. The summed E-state index contributed by atoms with van der Waals surface area (Å²) in [5, 5.41) is 0. The third-order valence-corrected chi connectivity index (χ3v) is 3.97. The van der Waals surface area contributed by atoms with Crippen LogP contribution in [0.3, 0.4) is 0 Å². The molecule has 0 saturated carbocycles. The number of hydrogen-bond acceptors (Lipinski definition) is 0. The van der Waals surface area contributed by atoms with Gasteiger partial charge < -0.3 is 0 Å². The Hall–Kier alpha value is -1.09. The van der Waals surface area contributed by atoms with Gasteiger partial charge in [-0.25, -0.2) is 0 Å². The molecule has 0 fully saturated rings. The highest BCUT2D eigenvalue weighted by atomic mass is 127. The van der Waals surface area contributed by atoms with Crippen LogP contribution in [0, 0.1) is 5.92 Å². The van der Waals surface area contributed by atoms with Gasteiger partial charge in [0.2, 0.25) is 0 Å². The molecule has 0 aliphatic heterocycles. The van der Waals surface area contributed by atoms with E-state index in [9.17, 15) is 0 Å². The lowest BCUT2D eigenvalue weighted by molar-refractivity contribution is 0.776. The van der Waals surface area contributed by atoms with Gasteiger partial charge >= 0.3 is 0 Å². The molecule has 1 aromatic carbocycles. The van der Waals surface area contributed by atoms with Crippen molar-refractivity contribution in [2.75, 3.05) is 4.43 Å². The molecule has 0 radical (unpaired) electrons. The van der Waals surface area contributed by atoms with Crippen LogP contribution in [0.4, 0.5) is 0 Å². The summed E-state index contributed by atoms with van der Waals surface area (Å²) in [4.78, 5) is 0. The highest BCUT2D eigenvalue weighted by Gasteiger charge is 2.17. The van der Waals surface area contributed by atoms with Gasteiger partial charge in [-0.3, -0.25) is 0 Å². The van der Waals surface area contributed by atoms with Crippen molar-refractivity contribution in [2.45, 2.75) is 20.3 Å². The van der Waals surface area contributed by atoms with Gasteiger partial charge in [0.15, 0.2) is 0 Å². The molecule has 1 rings (SSSR count). The van der Waals surface area contributed by atoms with E-state index in [1.54, 1.807) is 0 Å². The van der Waals surface area contributed by atoms with Crippen molar-refractivity contribution in [1.82, 2.24) is 0 Å². The van der Waals surface area contributed by atoms with Crippen molar-refractivity contribution in [1.29, 1.82) is 0 Å². The maximum atomic E-state index is 3.77. The zero-order valence-corrected chi connectivity index (χ0v) is 14.5. The number of benzene rings is 1. The van der Waals surface area contributed by atoms with Crippen molar-refractivity contribution >= 4 is 28.2 Å². The van der Waals surface area contributed by atoms with Crippen molar-refractivity contribution in [2.24, 2.45) is 5.92 Å². The Kier molecular flexibility index (Phi) is 8.28. The second-order valence-electron chi connectivity index (χ2n) is 4.52. The predicted octanol–water partition coefficient (Wildman–Crippen LogP) is 6.22. The first-order valence-electron chi connectivity index (χ1n) is 7.01. The van der Waals surface area contributed by atoms with Crippen molar-refractivity contribution in [3.05, 3.63) is 78.4 Å². The molecular weight excluding hydrogens is 355 g/mol. The first-order chi connectivity index (χ1) is 9.78. The van der Waals surface area contributed by atoms with E-state index in [2.05, 4.69) is 91.6 Å². The maximum absolute atomic E-state index is 3.77. The SMILES string of the molecule is C=C/C=C\C(=C/C)C(CCI)/C(=C\C)c1ccccc1. The number of halogens is 1. The minimum Gasteiger partial charge on any atom is -0.0991 e. The van der Waals surface area contributed by atoms with Crippen LogP contribution in [0.5, 0.6) is 0 Å². The second-order valence-corrected chi connectivity index (χ2v) is 5.60. The Labute approximate surface area is 137 Å². The van der Waals surface area contributed by atoms with Crippen LogP contribution in [-0.2, 0) is 0 Å². The number of hydrogen-bond donors (Lipinski definition) is 0. The zero-order valence-electron chi connectivity index (χ0n) is 12.4. The highest BCUT2D eigenvalue weighted by molar-refractivity contribution is 14.1. The van der Waals surface area contributed by atoms with Gasteiger partial charge in [-0.2, -0.15) is 0 Å². The van der Waals surface area contributed by atoms with Gasteiger partial charge in [0, 0.05) is 10.3 Å². The molecule has 1 heteroatoms. The summed E-state index contributed by atoms with van der Waals surface area (Å²) in [5.74, 6) is 0.445. The third kappa shape index (κ3) is 4.78. The second kappa shape index (κ2) is 9.76. The van der Waals surface area contributed by atoms with E-state index in [0.29, 0.717) is 5.92 Å². The maximum Gasteiger partial charge on any atom is 0.00960 e. The smallest absolute Gasteiger partial charge is 0.00960 e. The van der Waals surface area contributed by atoms with Crippen LogP contribution in [-0.4, -0.2) is 4.43 Å². The summed E-state index contributed by atoms with van der Waals surface area (Å²) in [6.07, 6.45) is 11.6. The van der Waals surface area contributed by atoms with Crippen LogP contribution < -0.4 is 0 Å². The van der Waals surface area contributed by atoms with Gasteiger partial charge in [0.05, 0.1) is 0 Å². The molecule has 1 unspecified atom stereocenters. The molecule has 0 bridgehead atoms. The van der Waals surface area contributed by atoms with E-state index in [0.717, 1.165) is 10.8 Å². The van der Waals surface area contributed by atoms with E-state index in [1.807, 2.05) is 12.2 Å². The normalized spacial score (nSPS) is 14.6. The fourth-order valence-corrected chi connectivity index (χ4v) is 3.03. The Morgan fingerprint density at radius 3 is 2.40 bits per heavy atom. The Morgan fingerprint density at radius 2 is 1.90 bits per heavy atom. The van der Waals surface area contributed by atoms with Crippen molar-refractivity contribution < 1.29 is 0 Å². The molecule has 0 spiro atoms. The molecule has 20 heavy (non-hydrogen) atoms. The Morgan fingerprint density at radius 1 is 1.20 bits per heavy atom. The number of rotatable bonds is 7. The fourth-order valence-electron chi connectivity index (χ4n) is 2.40. The summed E-state index contributed by atoms with van der Waals surface area (Å²) >= 11 is 2.46. The quantitative estimate of drug-likeness (QED) is 0.300. The number of allylic oxidation sites excluding steroid dienone is 7. The standard InChI is InChI=1S/C19H23I/c1-4-7-11-16(5-2)19(14-15-20)18(6-3)17-12-9-8-10-13-17/h4-13,19H,1,14-15H2,2-3H3/b11-7-,16-5+,18-6-. The fraction of sp³-hybridized carbons (Fsp3) is 0.263. The summed E-state index contributed by atoms with van der Waals surface area (Å²) in [5.41, 5.74) is 4.08. The third-order valence-electron chi connectivity index (χ3n) is 3.35. The molecular formula is C19H23I. The topological polar surface area (TPSA) is 0 Å². The molecule has 0 N–H and O–H groups in total. The van der Waals surface area contributed by atoms with E-state index < -0.39 is 0 Å². The monoisotopic (exact) mass is 378 g/mol. The van der Waals surface area contributed by atoms with Crippen LogP contribution in [0.15, 0.2) is 72.9 Å². The average Bonchev–Trinajstić information content (AvgIpc) is 2.50. The van der Waals surface area contributed by atoms with Gasteiger partial charge in [-0.1, -0.05) is 89.9 Å². The highest BCUT2D eigenvalue weighted by Crippen LogP contribution is 2.33. The average molecular weight is 378 g/mol. The molecule has 1 aromatic rings. The molecule has 0 aliphatic carbocycles. The minimum atomic E-state index is 0.445. The lowest BCUT2D eigenvalue weighted by Crippen LogP contribution is -2.07. The Bertz CT molecular complexity index is 492.